The molecule has 1 aromatic rings. The third-order valence-corrected chi connectivity index (χ3v) is 4.90. The maximum Gasteiger partial charge on any atom is 0.220 e. The number of carbonyl (C=O) groups excluding carboxylic acids is 1. The topological polar surface area (TPSA) is 71.2 Å². The summed E-state index contributed by atoms with van der Waals surface area (Å²) in [5, 5.41) is 3.02. The molecule has 1 aromatic heterocycles. The number of nitrogens with two attached hydrogens (primary N) is 1. The number of amides is 1. The first kappa shape index (κ1) is 15.3. The van der Waals surface area contributed by atoms with Gasteiger partial charge in [-0.05, 0) is 49.3 Å². The second kappa shape index (κ2) is 7.09. The highest BCUT2D eigenvalue weighted by molar-refractivity contribution is 5.76. The number of rotatable bonds is 5. The molecule has 22 heavy (non-hydrogen) atoms. The van der Waals surface area contributed by atoms with Gasteiger partial charge in [0.2, 0.25) is 5.91 Å². The van der Waals surface area contributed by atoms with Gasteiger partial charge in [-0.2, -0.15) is 0 Å². The minimum absolute atomic E-state index is 0.113. The third kappa shape index (κ3) is 3.77. The van der Waals surface area contributed by atoms with Gasteiger partial charge in [0, 0.05) is 38.3 Å². The number of anilines is 1. The Bertz CT molecular complexity index is 513. The Labute approximate surface area is 132 Å². The predicted octanol–water partition coefficient (Wildman–Crippen LogP) is 1.82. The lowest BCUT2D eigenvalue weighted by molar-refractivity contribution is -0.122. The van der Waals surface area contributed by atoms with Crippen LogP contribution in [0.4, 0.5) is 5.82 Å². The van der Waals surface area contributed by atoms with E-state index in [-0.39, 0.29) is 11.9 Å². The molecule has 1 amide bonds. The lowest BCUT2D eigenvalue weighted by atomic mass is 10.00. The van der Waals surface area contributed by atoms with E-state index in [0.717, 1.165) is 43.7 Å². The quantitative estimate of drug-likeness (QED) is 0.870. The second-order valence-electron chi connectivity index (χ2n) is 6.55. The SMILES string of the molecule is N[C@@H]1CCC[C@H]1CC(=O)NCc1ccnc(N2CCCC2)c1. The van der Waals surface area contributed by atoms with E-state index in [1.807, 2.05) is 12.3 Å². The van der Waals surface area contributed by atoms with Gasteiger partial charge < -0.3 is 16.0 Å². The summed E-state index contributed by atoms with van der Waals surface area (Å²) in [6.07, 6.45) is 8.18. The summed E-state index contributed by atoms with van der Waals surface area (Å²) in [7, 11) is 0. The van der Waals surface area contributed by atoms with Gasteiger partial charge in [0.25, 0.3) is 0 Å². The molecule has 1 aliphatic heterocycles. The molecule has 2 atom stereocenters. The van der Waals surface area contributed by atoms with Crippen LogP contribution in [-0.4, -0.2) is 30.0 Å². The zero-order chi connectivity index (χ0) is 15.4. The average Bonchev–Trinajstić information content (AvgIpc) is 3.18. The number of aromatic nitrogens is 1. The Kier molecular flexibility index (Phi) is 4.93. The lowest BCUT2D eigenvalue weighted by Crippen LogP contribution is -2.31. The lowest BCUT2D eigenvalue weighted by Gasteiger charge is -2.17. The maximum absolute atomic E-state index is 12.1. The molecule has 1 saturated heterocycles. The summed E-state index contributed by atoms with van der Waals surface area (Å²) < 4.78 is 0. The van der Waals surface area contributed by atoms with Crippen molar-refractivity contribution in [3.05, 3.63) is 23.9 Å². The number of hydrogen-bond acceptors (Lipinski definition) is 4. The van der Waals surface area contributed by atoms with E-state index in [9.17, 15) is 4.79 Å². The summed E-state index contributed by atoms with van der Waals surface area (Å²) in [6.45, 7) is 2.74. The Morgan fingerprint density at radius 3 is 2.86 bits per heavy atom. The predicted molar refractivity (Wildman–Crippen MR) is 87.5 cm³/mol. The largest absolute Gasteiger partial charge is 0.357 e. The van der Waals surface area contributed by atoms with Crippen LogP contribution in [0.1, 0.15) is 44.1 Å². The van der Waals surface area contributed by atoms with E-state index >= 15 is 0 Å². The van der Waals surface area contributed by atoms with Crippen LogP contribution in [0.2, 0.25) is 0 Å². The molecule has 0 aromatic carbocycles. The Morgan fingerprint density at radius 1 is 1.32 bits per heavy atom. The molecule has 2 aliphatic rings. The van der Waals surface area contributed by atoms with Gasteiger partial charge in [-0.3, -0.25) is 4.79 Å². The minimum atomic E-state index is 0.113. The monoisotopic (exact) mass is 302 g/mol. The van der Waals surface area contributed by atoms with Crippen molar-refractivity contribution >= 4 is 11.7 Å². The molecule has 0 bridgehead atoms. The summed E-state index contributed by atoms with van der Waals surface area (Å²) in [6, 6.07) is 4.27. The molecule has 1 saturated carbocycles. The van der Waals surface area contributed by atoms with Crippen molar-refractivity contribution < 1.29 is 4.79 Å². The number of nitrogens with one attached hydrogen (secondary N) is 1. The minimum Gasteiger partial charge on any atom is -0.357 e. The van der Waals surface area contributed by atoms with Gasteiger partial charge in [0.1, 0.15) is 5.82 Å². The summed E-state index contributed by atoms with van der Waals surface area (Å²) in [5.74, 6) is 1.50. The Hall–Kier alpha value is -1.62. The standard InChI is InChI=1S/C17H26N4O/c18-15-5-3-4-14(15)11-17(22)20-12-13-6-7-19-16(10-13)21-8-1-2-9-21/h6-7,10,14-15H,1-5,8-9,11-12,18H2,(H,20,22)/t14-,15+/m0/s1. The number of pyridine rings is 1. The molecule has 2 heterocycles. The average molecular weight is 302 g/mol. The molecule has 0 spiro atoms. The molecular formula is C17H26N4O. The highest BCUT2D eigenvalue weighted by atomic mass is 16.1. The van der Waals surface area contributed by atoms with E-state index in [1.54, 1.807) is 0 Å². The normalized spacial score (nSPS) is 24.7. The zero-order valence-corrected chi connectivity index (χ0v) is 13.1. The molecule has 0 unspecified atom stereocenters. The van der Waals surface area contributed by atoms with Gasteiger partial charge in [-0.25, -0.2) is 4.98 Å². The number of nitrogens with zero attached hydrogens (tertiary/aromatic N) is 2. The first-order valence-corrected chi connectivity index (χ1v) is 8.44. The highest BCUT2D eigenvalue weighted by Crippen LogP contribution is 2.26. The Balaban J connectivity index is 1.50. The van der Waals surface area contributed by atoms with Gasteiger partial charge in [-0.15, -0.1) is 0 Å². The van der Waals surface area contributed by atoms with Crippen LogP contribution in [0.15, 0.2) is 18.3 Å². The molecule has 3 rings (SSSR count). The zero-order valence-electron chi connectivity index (χ0n) is 13.1. The molecule has 5 heteroatoms. The van der Waals surface area contributed by atoms with Crippen molar-refractivity contribution in [3.63, 3.8) is 0 Å². The molecule has 120 valence electrons. The van der Waals surface area contributed by atoms with Crippen LogP contribution in [0.5, 0.6) is 0 Å². The molecular weight excluding hydrogens is 276 g/mol. The smallest absolute Gasteiger partial charge is 0.220 e. The van der Waals surface area contributed by atoms with E-state index in [0.29, 0.717) is 18.9 Å². The highest BCUT2D eigenvalue weighted by Gasteiger charge is 2.25. The maximum atomic E-state index is 12.1. The third-order valence-electron chi connectivity index (χ3n) is 4.90. The van der Waals surface area contributed by atoms with Crippen LogP contribution >= 0.6 is 0 Å². The fraction of sp³-hybridized carbons (Fsp3) is 0.647. The van der Waals surface area contributed by atoms with E-state index in [2.05, 4.69) is 21.3 Å². The summed E-state index contributed by atoms with van der Waals surface area (Å²) in [4.78, 5) is 18.8. The van der Waals surface area contributed by atoms with Crippen molar-refractivity contribution in [1.82, 2.24) is 10.3 Å². The fourth-order valence-corrected chi connectivity index (χ4v) is 3.52. The molecule has 1 aliphatic carbocycles. The first-order valence-electron chi connectivity index (χ1n) is 8.44. The molecule has 0 radical (unpaired) electrons. The Morgan fingerprint density at radius 2 is 2.14 bits per heavy atom. The summed E-state index contributed by atoms with van der Waals surface area (Å²) >= 11 is 0. The van der Waals surface area contributed by atoms with Gasteiger partial charge in [0.15, 0.2) is 0 Å². The van der Waals surface area contributed by atoms with Crippen molar-refractivity contribution in [1.29, 1.82) is 0 Å². The van der Waals surface area contributed by atoms with E-state index in [4.69, 9.17) is 5.73 Å². The van der Waals surface area contributed by atoms with Crippen molar-refractivity contribution in [2.24, 2.45) is 11.7 Å². The van der Waals surface area contributed by atoms with Gasteiger partial charge >= 0.3 is 0 Å². The van der Waals surface area contributed by atoms with Crippen LogP contribution in [0.25, 0.3) is 0 Å². The van der Waals surface area contributed by atoms with Gasteiger partial charge in [-0.1, -0.05) is 6.42 Å². The molecule has 2 fully saturated rings. The van der Waals surface area contributed by atoms with E-state index < -0.39 is 0 Å². The molecule has 3 N–H and O–H groups in total. The second-order valence-corrected chi connectivity index (χ2v) is 6.55. The summed E-state index contributed by atoms with van der Waals surface area (Å²) in [5.41, 5.74) is 7.14. The van der Waals surface area contributed by atoms with Crippen molar-refractivity contribution in [2.45, 2.75) is 51.1 Å². The van der Waals surface area contributed by atoms with Crippen LogP contribution in [0.3, 0.4) is 0 Å². The van der Waals surface area contributed by atoms with E-state index in [1.165, 1.54) is 12.8 Å². The van der Waals surface area contributed by atoms with Crippen LogP contribution < -0.4 is 16.0 Å². The molecule has 5 nitrogen and oxygen atoms in total. The van der Waals surface area contributed by atoms with Crippen molar-refractivity contribution in [3.8, 4) is 0 Å². The number of hydrogen-bond donors (Lipinski definition) is 2. The number of carbonyl (C=O) groups is 1. The van der Waals surface area contributed by atoms with Crippen molar-refractivity contribution in [2.75, 3.05) is 18.0 Å². The van der Waals surface area contributed by atoms with Gasteiger partial charge in [0.05, 0.1) is 0 Å². The van der Waals surface area contributed by atoms with Crippen LogP contribution in [0, 0.1) is 5.92 Å². The fourth-order valence-electron chi connectivity index (χ4n) is 3.52. The van der Waals surface area contributed by atoms with Crippen LogP contribution in [-0.2, 0) is 11.3 Å². The first-order chi connectivity index (χ1) is 10.7.